The van der Waals surface area contributed by atoms with Crippen LogP contribution in [0.1, 0.15) is 12.5 Å². The Bertz CT molecular complexity index is 679. The molecule has 0 fully saturated rings. The molecule has 1 unspecified atom stereocenters. The van der Waals surface area contributed by atoms with Crippen LogP contribution < -0.4 is 10.1 Å². The number of thioether (sulfide) groups is 1. The highest BCUT2D eigenvalue weighted by Gasteiger charge is 2.14. The summed E-state index contributed by atoms with van der Waals surface area (Å²) in [5.41, 5.74) is 0.681. The lowest BCUT2D eigenvalue weighted by atomic mass is 10.2. The molecule has 1 atom stereocenters. The molecule has 2 rings (SSSR count). The van der Waals surface area contributed by atoms with E-state index in [0.29, 0.717) is 10.6 Å². The highest BCUT2D eigenvalue weighted by Crippen LogP contribution is 2.25. The monoisotopic (exact) mass is 353 g/mol. The van der Waals surface area contributed by atoms with E-state index in [2.05, 4.69) is 5.32 Å². The van der Waals surface area contributed by atoms with E-state index in [1.165, 1.54) is 24.9 Å². The van der Waals surface area contributed by atoms with Crippen LogP contribution in [-0.2, 0) is 11.3 Å². The second-order valence-corrected chi connectivity index (χ2v) is 6.75. The van der Waals surface area contributed by atoms with Gasteiger partial charge in [-0.3, -0.25) is 4.79 Å². The molecule has 0 heterocycles. The Morgan fingerprint density at radius 3 is 2.61 bits per heavy atom. The quantitative estimate of drug-likeness (QED) is 0.787. The number of methoxy groups -OCH3 is 1. The highest BCUT2D eigenvalue weighted by atomic mass is 35.5. The fourth-order valence-electron chi connectivity index (χ4n) is 1.92. The van der Waals surface area contributed by atoms with E-state index in [-0.39, 0.29) is 23.5 Å². The summed E-state index contributed by atoms with van der Waals surface area (Å²) < 4.78 is 18.5. The van der Waals surface area contributed by atoms with Crippen LogP contribution in [0.3, 0.4) is 0 Å². The summed E-state index contributed by atoms with van der Waals surface area (Å²) in [5.74, 6) is -0.365. The number of amides is 1. The molecule has 0 saturated carbocycles. The average molecular weight is 354 g/mol. The lowest BCUT2D eigenvalue weighted by Gasteiger charge is -2.12. The molecule has 3 nitrogen and oxygen atoms in total. The smallest absolute Gasteiger partial charge is 0.233 e. The van der Waals surface area contributed by atoms with Crippen molar-refractivity contribution in [2.75, 3.05) is 7.11 Å². The number of ether oxygens (including phenoxy) is 1. The Labute approximate surface area is 144 Å². The molecule has 1 N–H and O–H groups in total. The highest BCUT2D eigenvalue weighted by molar-refractivity contribution is 8.00. The Morgan fingerprint density at radius 2 is 2.00 bits per heavy atom. The molecule has 2 aromatic rings. The van der Waals surface area contributed by atoms with Crippen LogP contribution in [0.2, 0.25) is 5.02 Å². The van der Waals surface area contributed by atoms with Crippen LogP contribution in [-0.4, -0.2) is 18.3 Å². The average Bonchev–Trinajstić information content (AvgIpc) is 2.54. The minimum Gasteiger partial charge on any atom is -0.494 e. The maximum Gasteiger partial charge on any atom is 0.233 e. The zero-order chi connectivity index (χ0) is 16.8. The summed E-state index contributed by atoms with van der Waals surface area (Å²) in [6.45, 7) is 2.09. The summed E-state index contributed by atoms with van der Waals surface area (Å²) in [6.07, 6.45) is 0. The first kappa shape index (κ1) is 17.6. The first-order valence-corrected chi connectivity index (χ1v) is 8.27. The van der Waals surface area contributed by atoms with Gasteiger partial charge in [-0.25, -0.2) is 4.39 Å². The molecule has 122 valence electrons. The van der Waals surface area contributed by atoms with Gasteiger partial charge in [-0.2, -0.15) is 0 Å². The molecule has 0 bridgehead atoms. The second-order valence-electron chi connectivity index (χ2n) is 4.90. The number of carbonyl (C=O) groups is 1. The summed E-state index contributed by atoms with van der Waals surface area (Å²) in [7, 11) is 1.41. The van der Waals surface area contributed by atoms with Gasteiger partial charge in [-0.05, 0) is 48.9 Å². The van der Waals surface area contributed by atoms with Gasteiger partial charge in [0.1, 0.15) is 0 Å². The van der Waals surface area contributed by atoms with E-state index < -0.39 is 5.82 Å². The van der Waals surface area contributed by atoms with Crippen LogP contribution in [0.5, 0.6) is 5.75 Å². The minimum absolute atomic E-state index is 0.110. The van der Waals surface area contributed by atoms with Gasteiger partial charge in [0.15, 0.2) is 11.6 Å². The zero-order valence-electron chi connectivity index (χ0n) is 12.8. The number of benzene rings is 2. The predicted molar refractivity (Wildman–Crippen MR) is 91.6 cm³/mol. The summed E-state index contributed by atoms with van der Waals surface area (Å²) in [5, 5.41) is 3.20. The van der Waals surface area contributed by atoms with Crippen molar-refractivity contribution in [2.45, 2.75) is 23.6 Å². The number of hydrogen-bond donors (Lipinski definition) is 1. The first-order chi connectivity index (χ1) is 11.0. The van der Waals surface area contributed by atoms with Gasteiger partial charge in [0.25, 0.3) is 0 Å². The second kappa shape index (κ2) is 8.22. The first-order valence-electron chi connectivity index (χ1n) is 7.02. The number of nitrogens with one attached hydrogen (secondary N) is 1. The van der Waals surface area contributed by atoms with Gasteiger partial charge < -0.3 is 10.1 Å². The summed E-state index contributed by atoms with van der Waals surface area (Å²) in [6, 6.07) is 11.9. The van der Waals surface area contributed by atoms with Crippen LogP contribution in [0.4, 0.5) is 4.39 Å². The molecule has 6 heteroatoms. The summed E-state index contributed by atoms with van der Waals surface area (Å²) in [4.78, 5) is 13.1. The molecule has 23 heavy (non-hydrogen) atoms. The van der Waals surface area contributed by atoms with Gasteiger partial charge in [0, 0.05) is 16.5 Å². The van der Waals surface area contributed by atoms with E-state index >= 15 is 0 Å². The lowest BCUT2D eigenvalue weighted by Crippen LogP contribution is -2.30. The normalized spacial score (nSPS) is 11.8. The Morgan fingerprint density at radius 1 is 1.30 bits per heavy atom. The molecule has 0 aliphatic rings. The third-order valence-electron chi connectivity index (χ3n) is 3.18. The van der Waals surface area contributed by atoms with Crippen molar-refractivity contribution in [3.05, 3.63) is 58.9 Å². The molecule has 0 aromatic heterocycles. The van der Waals surface area contributed by atoms with Crippen molar-refractivity contribution in [1.29, 1.82) is 0 Å². The predicted octanol–water partition coefficient (Wildman–Crippen LogP) is 4.28. The van der Waals surface area contributed by atoms with Crippen LogP contribution >= 0.6 is 23.4 Å². The molecule has 0 radical (unpaired) electrons. The molecular weight excluding hydrogens is 337 g/mol. The van der Waals surface area contributed by atoms with Crippen molar-refractivity contribution in [1.82, 2.24) is 5.32 Å². The molecule has 0 saturated heterocycles. The maximum absolute atomic E-state index is 13.6. The van der Waals surface area contributed by atoms with Gasteiger partial charge in [0.05, 0.1) is 12.4 Å². The fourth-order valence-corrected chi connectivity index (χ4v) is 2.94. The van der Waals surface area contributed by atoms with Crippen molar-refractivity contribution in [2.24, 2.45) is 0 Å². The topological polar surface area (TPSA) is 38.3 Å². The Kier molecular flexibility index (Phi) is 6.30. The Hall–Kier alpha value is -1.72. The van der Waals surface area contributed by atoms with E-state index in [4.69, 9.17) is 16.3 Å². The number of hydrogen-bond acceptors (Lipinski definition) is 3. The van der Waals surface area contributed by atoms with Crippen molar-refractivity contribution < 1.29 is 13.9 Å². The standard InChI is InChI=1S/C17H17ClFNO2S/c1-11(23-14-6-4-13(18)5-7-14)17(21)20-10-12-3-8-16(22-2)15(19)9-12/h3-9,11H,10H2,1-2H3,(H,20,21). The van der Waals surface area contributed by atoms with Crippen molar-refractivity contribution >= 4 is 29.3 Å². The molecule has 0 aliphatic heterocycles. The molecule has 0 aliphatic carbocycles. The van der Waals surface area contributed by atoms with Gasteiger partial charge in [-0.1, -0.05) is 17.7 Å². The molecule has 0 spiro atoms. The zero-order valence-corrected chi connectivity index (χ0v) is 14.4. The SMILES string of the molecule is COc1ccc(CNC(=O)C(C)Sc2ccc(Cl)cc2)cc1F. The van der Waals surface area contributed by atoms with Gasteiger partial charge >= 0.3 is 0 Å². The number of halogens is 2. The molecule has 1 amide bonds. The minimum atomic E-state index is -0.442. The number of carbonyl (C=O) groups excluding carboxylic acids is 1. The van der Waals surface area contributed by atoms with Gasteiger partial charge in [0.2, 0.25) is 5.91 Å². The molecular formula is C17H17ClFNO2S. The van der Waals surface area contributed by atoms with Crippen LogP contribution in [0.25, 0.3) is 0 Å². The van der Waals surface area contributed by atoms with Crippen LogP contribution in [0, 0.1) is 5.82 Å². The van der Waals surface area contributed by atoms with E-state index in [0.717, 1.165) is 4.90 Å². The van der Waals surface area contributed by atoms with Crippen molar-refractivity contribution in [3.63, 3.8) is 0 Å². The summed E-state index contributed by atoms with van der Waals surface area (Å²) >= 11 is 7.27. The third kappa shape index (κ3) is 5.15. The van der Waals surface area contributed by atoms with Crippen LogP contribution in [0.15, 0.2) is 47.4 Å². The third-order valence-corrected chi connectivity index (χ3v) is 4.54. The Balaban J connectivity index is 1.88. The fraction of sp³-hybridized carbons (Fsp3) is 0.235. The van der Waals surface area contributed by atoms with E-state index in [1.54, 1.807) is 24.3 Å². The van der Waals surface area contributed by atoms with E-state index in [1.807, 2.05) is 19.1 Å². The molecule has 2 aromatic carbocycles. The number of rotatable bonds is 6. The van der Waals surface area contributed by atoms with Gasteiger partial charge in [-0.15, -0.1) is 11.8 Å². The van der Waals surface area contributed by atoms with Crippen molar-refractivity contribution in [3.8, 4) is 5.75 Å². The maximum atomic E-state index is 13.6. The lowest BCUT2D eigenvalue weighted by molar-refractivity contribution is -0.120. The van der Waals surface area contributed by atoms with E-state index in [9.17, 15) is 9.18 Å². The largest absolute Gasteiger partial charge is 0.494 e.